The van der Waals surface area contributed by atoms with Crippen molar-refractivity contribution in [3.05, 3.63) is 59.7 Å². The Morgan fingerprint density at radius 2 is 1.67 bits per heavy atom. The van der Waals surface area contributed by atoms with E-state index in [4.69, 9.17) is 5.73 Å². The minimum absolute atomic E-state index is 0.0653. The normalized spacial score (nSPS) is 11.0. The first-order valence-corrected chi connectivity index (χ1v) is 7.73. The van der Waals surface area contributed by atoms with E-state index in [0.717, 1.165) is 5.69 Å². The number of hydrogen-bond acceptors (Lipinski definition) is 2. The van der Waals surface area contributed by atoms with Crippen molar-refractivity contribution in [2.24, 2.45) is 5.73 Å². The fourth-order valence-electron chi connectivity index (χ4n) is 2.37. The summed E-state index contributed by atoms with van der Waals surface area (Å²) in [5, 5.41) is 2.47. The molecule has 3 N–H and O–H groups in total. The van der Waals surface area contributed by atoms with Crippen LogP contribution in [0.1, 0.15) is 36.7 Å². The third-order valence-electron chi connectivity index (χ3n) is 3.80. The van der Waals surface area contributed by atoms with E-state index >= 15 is 0 Å². The van der Waals surface area contributed by atoms with Gasteiger partial charge in [0.15, 0.2) is 0 Å². The molecule has 0 spiro atoms. The van der Waals surface area contributed by atoms with Crippen LogP contribution < -0.4 is 16.0 Å². The fourth-order valence-corrected chi connectivity index (χ4v) is 2.37. The predicted octanol–water partition coefficient (Wildman–Crippen LogP) is 3.75. The number of anilines is 2. The summed E-state index contributed by atoms with van der Waals surface area (Å²) in [4.78, 5) is 25.2. The number of amides is 3. The van der Waals surface area contributed by atoms with Crippen LogP contribution >= 0.6 is 0 Å². The van der Waals surface area contributed by atoms with Gasteiger partial charge in [0, 0.05) is 24.0 Å². The van der Waals surface area contributed by atoms with Crippen LogP contribution in [0.15, 0.2) is 48.5 Å². The highest BCUT2D eigenvalue weighted by atomic mass is 16.2. The minimum atomic E-state index is -0.661. The molecule has 2 aromatic rings. The summed E-state index contributed by atoms with van der Waals surface area (Å²) < 4.78 is 0. The van der Waals surface area contributed by atoms with Crippen molar-refractivity contribution < 1.29 is 9.59 Å². The Labute approximate surface area is 142 Å². The smallest absolute Gasteiger partial charge is 0.316 e. The number of benzene rings is 2. The SMILES string of the molecule is CN(C(=O)c1cccc(NC(N)=O)c1)c1ccc(C(C)(C)C)cc1. The monoisotopic (exact) mass is 325 g/mol. The summed E-state index contributed by atoms with van der Waals surface area (Å²) in [6, 6.07) is 14.0. The standard InChI is InChI=1S/C19H23N3O2/c1-19(2,3)14-8-10-16(11-9-14)22(4)17(23)13-6-5-7-15(12-13)21-18(20)24/h5-12H,1-4H3,(H3,20,21,24). The van der Waals surface area contributed by atoms with Crippen molar-refractivity contribution in [2.45, 2.75) is 26.2 Å². The second-order valence-electron chi connectivity index (χ2n) is 6.73. The highest BCUT2D eigenvalue weighted by Crippen LogP contribution is 2.25. The van der Waals surface area contributed by atoms with Crippen LogP contribution in [0.2, 0.25) is 0 Å². The van der Waals surface area contributed by atoms with E-state index in [0.29, 0.717) is 11.3 Å². The molecule has 0 fully saturated rings. The zero-order valence-corrected chi connectivity index (χ0v) is 14.5. The lowest BCUT2D eigenvalue weighted by Crippen LogP contribution is -2.26. The molecule has 0 atom stereocenters. The molecule has 0 aliphatic heterocycles. The zero-order chi connectivity index (χ0) is 17.9. The average Bonchev–Trinajstić information content (AvgIpc) is 2.52. The van der Waals surface area contributed by atoms with Gasteiger partial charge in [0.2, 0.25) is 0 Å². The number of primary amides is 1. The van der Waals surface area contributed by atoms with Crippen molar-refractivity contribution >= 4 is 23.3 Å². The molecule has 0 bridgehead atoms. The molecule has 0 saturated heterocycles. The van der Waals surface area contributed by atoms with Gasteiger partial charge >= 0.3 is 6.03 Å². The second kappa shape index (κ2) is 6.74. The van der Waals surface area contributed by atoms with Crippen LogP contribution in [0, 0.1) is 0 Å². The molecule has 0 aliphatic carbocycles. The summed E-state index contributed by atoms with van der Waals surface area (Å²) in [7, 11) is 1.72. The van der Waals surface area contributed by atoms with Gasteiger partial charge in [0.1, 0.15) is 0 Å². The van der Waals surface area contributed by atoms with Gasteiger partial charge in [-0.3, -0.25) is 4.79 Å². The first-order chi connectivity index (χ1) is 11.2. The lowest BCUT2D eigenvalue weighted by Gasteiger charge is -2.22. The third kappa shape index (κ3) is 4.13. The largest absolute Gasteiger partial charge is 0.351 e. The fraction of sp³-hybridized carbons (Fsp3) is 0.263. The number of nitrogens with zero attached hydrogens (tertiary/aromatic N) is 1. The lowest BCUT2D eigenvalue weighted by molar-refractivity contribution is 0.0993. The van der Waals surface area contributed by atoms with Gasteiger partial charge in [0.25, 0.3) is 5.91 Å². The number of nitrogens with one attached hydrogen (secondary N) is 1. The van der Waals surface area contributed by atoms with Crippen molar-refractivity contribution in [1.82, 2.24) is 0 Å². The van der Waals surface area contributed by atoms with Gasteiger partial charge in [-0.05, 0) is 41.3 Å². The topological polar surface area (TPSA) is 75.4 Å². The first-order valence-electron chi connectivity index (χ1n) is 7.73. The molecule has 0 aliphatic rings. The highest BCUT2D eigenvalue weighted by molar-refractivity contribution is 6.06. The van der Waals surface area contributed by atoms with E-state index in [2.05, 4.69) is 26.1 Å². The van der Waals surface area contributed by atoms with E-state index < -0.39 is 6.03 Å². The molecule has 0 unspecified atom stereocenters. The molecule has 3 amide bonds. The molecular weight excluding hydrogens is 302 g/mol. The lowest BCUT2D eigenvalue weighted by atomic mass is 9.87. The van der Waals surface area contributed by atoms with Gasteiger partial charge in [-0.25, -0.2) is 4.79 Å². The van der Waals surface area contributed by atoms with Gasteiger partial charge in [-0.2, -0.15) is 0 Å². The third-order valence-corrected chi connectivity index (χ3v) is 3.80. The van der Waals surface area contributed by atoms with Crippen LogP contribution in [0.4, 0.5) is 16.2 Å². The molecule has 2 rings (SSSR count). The maximum atomic E-state index is 12.6. The summed E-state index contributed by atoms with van der Waals surface area (Å²) in [5.41, 5.74) is 8.15. The molecule has 0 heterocycles. The predicted molar refractivity (Wildman–Crippen MR) is 97.5 cm³/mol. The van der Waals surface area contributed by atoms with Crippen LogP contribution in [0.3, 0.4) is 0 Å². The second-order valence-corrected chi connectivity index (χ2v) is 6.73. The zero-order valence-electron chi connectivity index (χ0n) is 14.5. The van der Waals surface area contributed by atoms with E-state index in [-0.39, 0.29) is 11.3 Å². The highest BCUT2D eigenvalue weighted by Gasteiger charge is 2.17. The number of carbonyl (C=O) groups excluding carboxylic acids is 2. The molecule has 5 heteroatoms. The Balaban J connectivity index is 2.21. The summed E-state index contributed by atoms with van der Waals surface area (Å²) in [6.07, 6.45) is 0. The van der Waals surface area contributed by atoms with Crippen molar-refractivity contribution in [3.63, 3.8) is 0 Å². The van der Waals surface area contributed by atoms with E-state index in [9.17, 15) is 9.59 Å². The van der Waals surface area contributed by atoms with Crippen LogP contribution in [0.25, 0.3) is 0 Å². The first kappa shape index (κ1) is 17.5. The minimum Gasteiger partial charge on any atom is -0.351 e. The quantitative estimate of drug-likeness (QED) is 0.901. The number of urea groups is 1. The molecule has 5 nitrogen and oxygen atoms in total. The van der Waals surface area contributed by atoms with Gasteiger partial charge in [-0.15, -0.1) is 0 Å². The molecule has 126 valence electrons. The van der Waals surface area contributed by atoms with Crippen LogP contribution in [-0.2, 0) is 5.41 Å². The number of carbonyl (C=O) groups is 2. The van der Waals surface area contributed by atoms with Crippen molar-refractivity contribution in [1.29, 1.82) is 0 Å². The summed E-state index contributed by atoms with van der Waals surface area (Å²) in [6.45, 7) is 6.44. The Hall–Kier alpha value is -2.82. The Morgan fingerprint density at radius 3 is 2.21 bits per heavy atom. The van der Waals surface area contributed by atoms with Gasteiger partial charge < -0.3 is 16.0 Å². The Kier molecular flexibility index (Phi) is 4.93. The number of hydrogen-bond donors (Lipinski definition) is 2. The van der Waals surface area contributed by atoms with Crippen molar-refractivity contribution in [3.8, 4) is 0 Å². The Morgan fingerprint density at radius 1 is 1.04 bits per heavy atom. The van der Waals surface area contributed by atoms with Crippen molar-refractivity contribution in [2.75, 3.05) is 17.3 Å². The molecule has 24 heavy (non-hydrogen) atoms. The maximum Gasteiger partial charge on any atom is 0.316 e. The van der Waals surface area contributed by atoms with Crippen LogP contribution in [0.5, 0.6) is 0 Å². The van der Waals surface area contributed by atoms with E-state index in [1.807, 2.05) is 24.3 Å². The summed E-state index contributed by atoms with van der Waals surface area (Å²) in [5.74, 6) is -0.161. The van der Waals surface area contributed by atoms with E-state index in [1.165, 1.54) is 5.56 Å². The van der Waals surface area contributed by atoms with E-state index in [1.54, 1.807) is 36.2 Å². The molecule has 0 radical (unpaired) electrons. The molecular formula is C19H23N3O2. The molecule has 0 saturated carbocycles. The Bertz CT molecular complexity index is 746. The molecule has 2 aromatic carbocycles. The average molecular weight is 325 g/mol. The van der Waals surface area contributed by atoms with Gasteiger partial charge in [-0.1, -0.05) is 39.0 Å². The molecule has 0 aromatic heterocycles. The number of nitrogens with two attached hydrogens (primary N) is 1. The maximum absolute atomic E-state index is 12.6. The number of rotatable bonds is 3. The van der Waals surface area contributed by atoms with Crippen LogP contribution in [-0.4, -0.2) is 19.0 Å². The summed E-state index contributed by atoms with van der Waals surface area (Å²) >= 11 is 0. The van der Waals surface area contributed by atoms with Gasteiger partial charge in [0.05, 0.1) is 0 Å².